The van der Waals surface area contributed by atoms with Crippen molar-refractivity contribution in [3.05, 3.63) is 396 Å². The van der Waals surface area contributed by atoms with Crippen molar-refractivity contribution in [3.8, 4) is 123 Å². The lowest BCUT2D eigenvalue weighted by molar-refractivity contribution is -0.133. The first-order valence-corrected chi connectivity index (χ1v) is 47.1. The van der Waals surface area contributed by atoms with E-state index in [9.17, 15) is 9.59 Å². The lowest BCUT2D eigenvalue weighted by Crippen LogP contribution is -2.34. The van der Waals surface area contributed by atoms with Crippen LogP contribution < -0.4 is 18.9 Å². The topological polar surface area (TPSA) is 226 Å². The summed E-state index contributed by atoms with van der Waals surface area (Å²) in [6, 6.07) is 111. The number of ether oxygens (including phenoxy) is 4. The average molecular weight is 1830 g/mol. The molecule has 4 aliphatic rings. The summed E-state index contributed by atoms with van der Waals surface area (Å²) in [7, 11) is 0. The molecule has 0 fully saturated rings. The molecule has 4 aliphatic heterocycles. The standard InChI is InChI=1S/C122H92N10O8/c1-5-131(6-2)107(133)73-137-119-105(139-121(135)83-51-47-81(48-52-83)115-101-67-63-97(127-101)111(77-35-19-11-20-36-77)93-59-55-89(123-93)109(75-31-15-9-16-32-75)90-56-60-94(124-90)112(78-37-21-12-22-38-78)98-64-68-102(115)128-98)71-85-43-27-29-45-87(85)117(119)118-88-46-30-28-44-86(88)72-106(120(118)138-74-108(134)132(7-3)8-4)140-122(136)84-53-49-82(50-54-84)116-103-69-65-99(129-103)113(79-39-23-13-24-40-79)95-61-57-91(125-95)110(76-33-17-10-18-34-76)92-58-62-96(126-92)114(80-41-25-14-26-42-80)100-66-70-104(116)130-100/h9-72,123,125,128,130H,5-8,73-74H2,1-4H3. The highest BCUT2D eigenvalue weighted by atomic mass is 16.6. The molecule has 140 heavy (non-hydrogen) atoms. The Morgan fingerprint density at radius 1 is 0.243 bits per heavy atom. The molecule has 2 amide bonds. The quantitative estimate of drug-likeness (QED) is 0.0346. The Morgan fingerprint density at radius 3 is 0.671 bits per heavy atom. The lowest BCUT2D eigenvalue weighted by atomic mass is 9.91. The van der Waals surface area contributed by atoms with Gasteiger partial charge < -0.3 is 48.7 Å². The van der Waals surface area contributed by atoms with Gasteiger partial charge in [0.25, 0.3) is 11.8 Å². The van der Waals surface area contributed by atoms with Crippen molar-refractivity contribution >= 4 is 138 Å². The molecule has 4 N–H and O–H groups in total. The lowest BCUT2D eigenvalue weighted by Gasteiger charge is -2.25. The monoisotopic (exact) mass is 1820 g/mol. The van der Waals surface area contributed by atoms with E-state index in [-0.39, 0.29) is 45.9 Å². The van der Waals surface area contributed by atoms with Gasteiger partial charge in [-0.05, 0) is 227 Å². The molecule has 18 heteroatoms. The largest absolute Gasteiger partial charge is 0.479 e. The Kier molecular flexibility index (Phi) is 23.6. The Balaban J connectivity index is 0.673. The van der Waals surface area contributed by atoms with Gasteiger partial charge >= 0.3 is 11.9 Å². The number of amides is 2. The normalized spacial score (nSPS) is 11.9. The minimum Gasteiger partial charge on any atom is -0.479 e. The number of aromatic nitrogens is 8. The second-order valence-corrected chi connectivity index (χ2v) is 34.4. The highest BCUT2D eigenvalue weighted by Gasteiger charge is 2.32. The van der Waals surface area contributed by atoms with Gasteiger partial charge in [0.15, 0.2) is 36.2 Å². The molecule has 0 saturated heterocycles. The summed E-state index contributed by atoms with van der Waals surface area (Å²) in [5.41, 5.74) is 27.8. The van der Waals surface area contributed by atoms with Crippen LogP contribution >= 0.6 is 0 Å². The van der Waals surface area contributed by atoms with Crippen LogP contribution in [0.4, 0.5) is 0 Å². The number of carbonyl (C=O) groups excluding carboxylic acids is 4. The number of nitrogens with one attached hydrogen (secondary N) is 4. The predicted molar refractivity (Wildman–Crippen MR) is 565 cm³/mol. The van der Waals surface area contributed by atoms with Gasteiger partial charge in [-0.3, -0.25) is 9.59 Å². The van der Waals surface area contributed by atoms with E-state index in [2.05, 4.69) is 166 Å². The third-order valence-corrected chi connectivity index (χ3v) is 26.2. The van der Waals surface area contributed by atoms with Gasteiger partial charge in [-0.2, -0.15) is 0 Å². The molecule has 0 aliphatic carbocycles. The van der Waals surface area contributed by atoms with Gasteiger partial charge in [0.1, 0.15) is 0 Å². The molecule has 22 rings (SSSR count). The van der Waals surface area contributed by atoms with Crippen molar-refractivity contribution in [1.82, 2.24) is 49.7 Å². The van der Waals surface area contributed by atoms with Crippen LogP contribution in [-0.4, -0.2) is 113 Å². The summed E-state index contributed by atoms with van der Waals surface area (Å²) in [6.45, 7) is 8.12. The number of carbonyl (C=O) groups is 4. The zero-order valence-electron chi connectivity index (χ0n) is 77.1. The average Bonchev–Trinajstić information content (AvgIpc) is 1.74. The summed E-state index contributed by atoms with van der Waals surface area (Å²) >= 11 is 0. The van der Waals surface area contributed by atoms with E-state index in [4.69, 9.17) is 38.9 Å². The van der Waals surface area contributed by atoms with E-state index >= 15 is 9.59 Å². The van der Waals surface area contributed by atoms with Crippen LogP contribution in [0.2, 0.25) is 0 Å². The van der Waals surface area contributed by atoms with Gasteiger partial charge in [0.2, 0.25) is 0 Å². The van der Waals surface area contributed by atoms with Gasteiger partial charge in [0, 0.05) is 126 Å². The van der Waals surface area contributed by atoms with E-state index in [0.29, 0.717) is 70.2 Å². The molecule has 18 aromatic rings. The SMILES string of the molecule is CCN(CC)C(=O)COc1c(OC(=O)c2ccc(-c3c4nc(c(-c5ccccc5)c5ccc([nH]5)c(-c5ccccc5)c5nc(c(-c6ccccc6)c6ccc3[nH]6)C=C5)C=C4)cc2)cc2ccccc2c1-c1c(OCC(=O)N(CC)CC)c(OC(=O)c2ccc(-c3c4nc(c(-c5ccccc5)c5ccc([nH]5)c(-c5ccccc5)c5nc(c(-c6ccccc6)c6ccc3[nH]6)C=C5)C=C4)cc2)cc2ccccc12. The van der Waals surface area contributed by atoms with Crippen molar-refractivity contribution in [3.63, 3.8) is 0 Å². The summed E-state index contributed by atoms with van der Waals surface area (Å²) in [5, 5.41) is 2.36. The Labute approximate surface area is 807 Å². The van der Waals surface area contributed by atoms with E-state index in [0.717, 1.165) is 167 Å². The van der Waals surface area contributed by atoms with E-state index in [1.807, 2.05) is 234 Å². The predicted octanol–water partition coefficient (Wildman–Crippen LogP) is 27.9. The first-order valence-electron chi connectivity index (χ1n) is 47.1. The third kappa shape index (κ3) is 16.8. The molecule has 6 aromatic heterocycles. The Hall–Kier alpha value is -18.2. The van der Waals surface area contributed by atoms with Crippen LogP contribution in [-0.2, 0) is 9.59 Å². The van der Waals surface area contributed by atoms with Crippen molar-refractivity contribution < 1.29 is 38.1 Å². The second kappa shape index (κ2) is 38.0. The summed E-state index contributed by atoms with van der Waals surface area (Å²) < 4.78 is 27.6. The molecule has 18 nitrogen and oxygen atoms in total. The molecule has 0 atom stereocenters. The summed E-state index contributed by atoms with van der Waals surface area (Å²) in [4.78, 5) is 101. The fourth-order valence-electron chi connectivity index (χ4n) is 19.5. The van der Waals surface area contributed by atoms with Gasteiger partial charge in [-0.15, -0.1) is 0 Å². The molecule has 10 heterocycles. The van der Waals surface area contributed by atoms with Gasteiger partial charge in [0.05, 0.1) is 56.7 Å². The summed E-state index contributed by atoms with van der Waals surface area (Å²) in [6.07, 6.45) is 16.5. The van der Waals surface area contributed by atoms with Gasteiger partial charge in [-0.1, -0.05) is 255 Å². The van der Waals surface area contributed by atoms with Crippen molar-refractivity contribution in [1.29, 1.82) is 0 Å². The number of aromatic amines is 4. The van der Waals surface area contributed by atoms with E-state index in [1.54, 1.807) is 46.2 Å². The molecular formula is C122H92N10O8. The zero-order valence-corrected chi connectivity index (χ0v) is 77.1. The first kappa shape index (κ1) is 87.2. The maximum absolute atomic E-state index is 15.7. The fraction of sp³-hybridized carbons (Fsp3) is 0.0820. The number of likely N-dealkylation sites (N-methyl/N-ethyl adjacent to an activating group) is 2. The van der Waals surface area contributed by atoms with Crippen molar-refractivity contribution in [2.75, 3.05) is 39.4 Å². The minimum absolute atomic E-state index is 0.00564. The molecule has 0 saturated carbocycles. The molecular weight excluding hydrogens is 1730 g/mol. The number of benzene rings is 12. The van der Waals surface area contributed by atoms with Crippen LogP contribution in [0.3, 0.4) is 0 Å². The Morgan fingerprint density at radius 2 is 0.450 bits per heavy atom. The maximum atomic E-state index is 15.7. The van der Waals surface area contributed by atoms with Crippen LogP contribution in [0.5, 0.6) is 23.0 Å². The molecule has 678 valence electrons. The molecule has 0 spiro atoms. The van der Waals surface area contributed by atoms with Crippen LogP contribution in [0.1, 0.15) is 94.0 Å². The number of hydrogen-bond donors (Lipinski definition) is 4. The van der Waals surface area contributed by atoms with E-state index in [1.165, 1.54) is 0 Å². The Bertz CT molecular complexity index is 7900. The molecule has 0 unspecified atom stereocenters. The van der Waals surface area contributed by atoms with Crippen LogP contribution in [0.25, 0.3) is 214 Å². The number of rotatable bonds is 23. The highest BCUT2D eigenvalue weighted by Crippen LogP contribution is 2.54. The number of H-pyrrole nitrogens is 4. The second-order valence-electron chi connectivity index (χ2n) is 34.4. The smallest absolute Gasteiger partial charge is 0.343 e. The number of fused-ring (bicyclic) bond motifs is 18. The molecule has 0 radical (unpaired) electrons. The minimum atomic E-state index is -0.752. The molecule has 12 aromatic carbocycles. The fourth-order valence-corrected chi connectivity index (χ4v) is 19.5. The third-order valence-electron chi connectivity index (χ3n) is 26.2. The highest BCUT2D eigenvalue weighted by molar-refractivity contribution is 6.14. The van der Waals surface area contributed by atoms with Gasteiger partial charge in [-0.25, -0.2) is 29.5 Å². The van der Waals surface area contributed by atoms with Crippen LogP contribution in [0, 0.1) is 0 Å². The van der Waals surface area contributed by atoms with E-state index < -0.39 is 25.2 Å². The first-order chi connectivity index (χ1) is 68.9. The van der Waals surface area contributed by atoms with Crippen molar-refractivity contribution in [2.45, 2.75) is 27.7 Å². The maximum Gasteiger partial charge on any atom is 0.343 e. The zero-order chi connectivity index (χ0) is 94.9. The molecule has 16 bridgehead atoms. The number of nitrogens with zero attached hydrogens (tertiary/aromatic N) is 6. The van der Waals surface area contributed by atoms with Crippen LogP contribution in [0.15, 0.2) is 340 Å². The number of hydrogen-bond acceptors (Lipinski definition) is 12. The summed E-state index contributed by atoms with van der Waals surface area (Å²) in [5.74, 6) is -2.28. The number of esters is 2. The van der Waals surface area contributed by atoms with Crippen molar-refractivity contribution in [2.24, 2.45) is 0 Å².